The van der Waals surface area contributed by atoms with Crippen molar-refractivity contribution >= 4 is 40.0 Å². The molecule has 1 unspecified atom stereocenters. The SMILES string of the molecule is COCCS(=O)Nc1cc(C(=O)Nc2ccc(F)c(Cl)c2)ccn1. The lowest BCUT2D eigenvalue weighted by molar-refractivity contribution is 0.102. The second-order valence-electron chi connectivity index (χ2n) is 4.66. The summed E-state index contributed by atoms with van der Waals surface area (Å²) < 4.78 is 32.4. The molecule has 0 saturated carbocycles. The van der Waals surface area contributed by atoms with Gasteiger partial charge in [0.25, 0.3) is 5.91 Å². The van der Waals surface area contributed by atoms with E-state index >= 15 is 0 Å². The Morgan fingerprint density at radius 2 is 2.17 bits per heavy atom. The van der Waals surface area contributed by atoms with Crippen LogP contribution in [0.1, 0.15) is 10.4 Å². The molecule has 9 heteroatoms. The van der Waals surface area contributed by atoms with Crippen LogP contribution in [0.3, 0.4) is 0 Å². The van der Waals surface area contributed by atoms with E-state index in [1.165, 1.54) is 37.6 Å². The molecule has 2 N–H and O–H groups in total. The third-order valence-corrected chi connectivity index (χ3v) is 4.15. The molecular formula is C15H15ClFN3O3S. The molecule has 2 aromatic rings. The Hall–Kier alpha value is -2.03. The molecule has 1 heterocycles. The van der Waals surface area contributed by atoms with Crippen molar-refractivity contribution in [1.29, 1.82) is 0 Å². The van der Waals surface area contributed by atoms with Crippen molar-refractivity contribution in [3.8, 4) is 0 Å². The number of nitrogens with zero attached hydrogens (tertiary/aromatic N) is 1. The molecule has 128 valence electrons. The molecule has 0 aliphatic heterocycles. The normalized spacial score (nSPS) is 11.8. The minimum atomic E-state index is -1.36. The van der Waals surface area contributed by atoms with E-state index in [9.17, 15) is 13.4 Å². The standard InChI is InChI=1S/C15H15ClFN3O3S/c1-23-6-7-24(22)20-14-8-10(4-5-18-14)15(21)19-11-2-3-13(17)12(16)9-11/h2-5,8-9H,6-7H2,1H3,(H,18,20)(H,19,21). The summed E-state index contributed by atoms with van der Waals surface area (Å²) in [5.41, 5.74) is 0.665. The highest BCUT2D eigenvalue weighted by Gasteiger charge is 2.10. The Bertz CT molecular complexity index is 760. The van der Waals surface area contributed by atoms with Crippen molar-refractivity contribution in [2.75, 3.05) is 29.5 Å². The summed E-state index contributed by atoms with van der Waals surface area (Å²) >= 11 is 5.68. The number of amides is 1. The molecule has 0 radical (unpaired) electrons. The summed E-state index contributed by atoms with van der Waals surface area (Å²) in [5.74, 6) is -0.397. The van der Waals surface area contributed by atoms with Crippen molar-refractivity contribution in [2.24, 2.45) is 0 Å². The van der Waals surface area contributed by atoms with Crippen LogP contribution in [0, 0.1) is 5.82 Å². The molecule has 0 bridgehead atoms. The fraction of sp³-hybridized carbons (Fsp3) is 0.200. The summed E-state index contributed by atoms with van der Waals surface area (Å²) in [4.78, 5) is 16.2. The first-order valence-corrected chi connectivity index (χ1v) is 8.55. The molecule has 0 spiro atoms. The van der Waals surface area contributed by atoms with Gasteiger partial charge in [-0.1, -0.05) is 11.6 Å². The van der Waals surface area contributed by atoms with E-state index in [1.54, 1.807) is 0 Å². The van der Waals surface area contributed by atoms with Gasteiger partial charge in [0, 0.05) is 24.6 Å². The van der Waals surface area contributed by atoms with Crippen LogP contribution in [-0.4, -0.2) is 34.6 Å². The summed E-state index contributed by atoms with van der Waals surface area (Å²) in [5, 5.41) is 2.51. The molecule has 1 aromatic heterocycles. The molecule has 24 heavy (non-hydrogen) atoms. The Kier molecular flexibility index (Phi) is 6.65. The molecule has 0 saturated heterocycles. The minimum absolute atomic E-state index is 0.0848. The van der Waals surface area contributed by atoms with Crippen LogP contribution in [-0.2, 0) is 15.7 Å². The number of carbonyl (C=O) groups excluding carboxylic acids is 1. The Balaban J connectivity index is 2.05. The van der Waals surface area contributed by atoms with Gasteiger partial charge in [-0.15, -0.1) is 0 Å². The van der Waals surface area contributed by atoms with Crippen molar-refractivity contribution in [3.63, 3.8) is 0 Å². The number of anilines is 2. The number of hydrogen-bond donors (Lipinski definition) is 2. The first-order chi connectivity index (χ1) is 11.5. The number of pyridine rings is 1. The highest BCUT2D eigenvalue weighted by molar-refractivity contribution is 7.86. The number of nitrogens with one attached hydrogen (secondary N) is 2. The number of ether oxygens (including phenoxy) is 1. The van der Waals surface area contributed by atoms with Crippen LogP contribution in [0.4, 0.5) is 15.9 Å². The van der Waals surface area contributed by atoms with Crippen LogP contribution < -0.4 is 10.0 Å². The van der Waals surface area contributed by atoms with Gasteiger partial charge in [0.1, 0.15) is 22.6 Å². The van der Waals surface area contributed by atoms with Crippen LogP contribution >= 0.6 is 11.6 Å². The lowest BCUT2D eigenvalue weighted by Gasteiger charge is -2.08. The van der Waals surface area contributed by atoms with E-state index in [1.807, 2.05) is 0 Å². The number of aromatic nitrogens is 1. The van der Waals surface area contributed by atoms with Crippen LogP contribution in [0.15, 0.2) is 36.5 Å². The summed E-state index contributed by atoms with van der Waals surface area (Å²) in [6.07, 6.45) is 1.42. The number of benzene rings is 1. The fourth-order valence-electron chi connectivity index (χ4n) is 1.73. The highest BCUT2D eigenvalue weighted by atomic mass is 35.5. The van der Waals surface area contributed by atoms with Crippen molar-refractivity contribution in [1.82, 2.24) is 4.98 Å². The van der Waals surface area contributed by atoms with E-state index in [4.69, 9.17) is 16.3 Å². The average molecular weight is 372 g/mol. The molecule has 0 aliphatic carbocycles. The minimum Gasteiger partial charge on any atom is -0.384 e. The van der Waals surface area contributed by atoms with Crippen LogP contribution in [0.25, 0.3) is 0 Å². The lowest BCUT2D eigenvalue weighted by atomic mass is 10.2. The quantitative estimate of drug-likeness (QED) is 0.784. The average Bonchev–Trinajstić information content (AvgIpc) is 2.56. The predicted octanol–water partition coefficient (Wildman–Crippen LogP) is 2.85. The fourth-order valence-corrected chi connectivity index (χ4v) is 2.68. The lowest BCUT2D eigenvalue weighted by Crippen LogP contribution is -2.15. The predicted molar refractivity (Wildman–Crippen MR) is 92.1 cm³/mol. The zero-order valence-electron chi connectivity index (χ0n) is 12.7. The number of rotatable bonds is 7. The Morgan fingerprint density at radius 1 is 1.38 bits per heavy atom. The van der Waals surface area contributed by atoms with Gasteiger partial charge in [0.05, 0.1) is 17.4 Å². The van der Waals surface area contributed by atoms with E-state index < -0.39 is 22.7 Å². The van der Waals surface area contributed by atoms with Gasteiger partial charge in [0.15, 0.2) is 0 Å². The molecular weight excluding hydrogens is 357 g/mol. The number of carbonyl (C=O) groups is 1. The van der Waals surface area contributed by atoms with E-state index in [2.05, 4.69) is 15.0 Å². The largest absolute Gasteiger partial charge is 0.384 e. The monoisotopic (exact) mass is 371 g/mol. The molecule has 6 nitrogen and oxygen atoms in total. The first-order valence-electron chi connectivity index (χ1n) is 6.86. The van der Waals surface area contributed by atoms with E-state index in [0.717, 1.165) is 6.07 Å². The van der Waals surface area contributed by atoms with E-state index in [-0.39, 0.29) is 5.02 Å². The number of halogens is 2. The maximum atomic E-state index is 13.1. The smallest absolute Gasteiger partial charge is 0.255 e. The van der Waals surface area contributed by atoms with E-state index in [0.29, 0.717) is 29.4 Å². The van der Waals surface area contributed by atoms with Crippen molar-refractivity contribution in [2.45, 2.75) is 0 Å². The zero-order chi connectivity index (χ0) is 17.5. The second-order valence-corrected chi connectivity index (χ2v) is 6.37. The second kappa shape index (κ2) is 8.72. The first kappa shape index (κ1) is 18.3. The summed E-state index contributed by atoms with van der Waals surface area (Å²) in [6, 6.07) is 6.85. The molecule has 1 aromatic carbocycles. The van der Waals surface area contributed by atoms with Gasteiger partial charge in [-0.25, -0.2) is 13.6 Å². The highest BCUT2D eigenvalue weighted by Crippen LogP contribution is 2.20. The maximum absolute atomic E-state index is 13.1. The maximum Gasteiger partial charge on any atom is 0.255 e. The van der Waals surface area contributed by atoms with Crippen molar-refractivity contribution < 1.29 is 18.1 Å². The Labute approximate surface area is 146 Å². The van der Waals surface area contributed by atoms with Gasteiger partial charge in [-0.05, 0) is 30.3 Å². The van der Waals surface area contributed by atoms with Crippen LogP contribution in [0.2, 0.25) is 5.02 Å². The van der Waals surface area contributed by atoms with Crippen LogP contribution in [0.5, 0.6) is 0 Å². The van der Waals surface area contributed by atoms with Gasteiger partial charge >= 0.3 is 0 Å². The topological polar surface area (TPSA) is 80.3 Å². The molecule has 1 atom stereocenters. The molecule has 0 fully saturated rings. The molecule has 1 amide bonds. The van der Waals surface area contributed by atoms with Crippen molar-refractivity contribution in [3.05, 3.63) is 52.9 Å². The molecule has 0 aliphatic rings. The third-order valence-electron chi connectivity index (χ3n) is 2.89. The molecule has 2 rings (SSSR count). The van der Waals surface area contributed by atoms with Gasteiger partial charge in [0.2, 0.25) is 0 Å². The van der Waals surface area contributed by atoms with Gasteiger partial charge < -0.3 is 10.1 Å². The number of methoxy groups -OCH3 is 1. The van der Waals surface area contributed by atoms with Gasteiger partial charge in [-0.2, -0.15) is 0 Å². The van der Waals surface area contributed by atoms with Gasteiger partial charge in [-0.3, -0.25) is 9.52 Å². The third kappa shape index (κ3) is 5.26. The Morgan fingerprint density at radius 3 is 2.88 bits per heavy atom. The summed E-state index contributed by atoms with van der Waals surface area (Å²) in [7, 11) is 0.152. The summed E-state index contributed by atoms with van der Waals surface area (Å²) in [6.45, 7) is 0.338. The number of hydrogen-bond acceptors (Lipinski definition) is 4. The zero-order valence-corrected chi connectivity index (χ0v) is 14.3.